The molecule has 5 nitrogen and oxygen atoms in total. The van der Waals surface area contributed by atoms with Crippen LogP contribution in [0.25, 0.3) is 11.1 Å². The molecule has 2 unspecified atom stereocenters. The highest BCUT2D eigenvalue weighted by atomic mass is 32.2. The van der Waals surface area contributed by atoms with Gasteiger partial charge in [0.15, 0.2) is 0 Å². The maximum Gasteiger partial charge on any atom is 0.238 e. The van der Waals surface area contributed by atoms with E-state index >= 15 is 0 Å². The first kappa shape index (κ1) is 23.2. The van der Waals surface area contributed by atoms with E-state index in [1.807, 2.05) is 36.4 Å². The van der Waals surface area contributed by atoms with Gasteiger partial charge in [-0.15, -0.1) is 0 Å². The van der Waals surface area contributed by atoms with Crippen molar-refractivity contribution in [1.29, 1.82) is 5.41 Å². The van der Waals surface area contributed by atoms with Crippen molar-refractivity contribution in [3.63, 3.8) is 0 Å². The third-order valence-corrected chi connectivity index (χ3v) is 7.61. The lowest BCUT2D eigenvalue weighted by Crippen LogP contribution is -2.27. The summed E-state index contributed by atoms with van der Waals surface area (Å²) in [5.41, 5.74) is 10.2. The van der Waals surface area contributed by atoms with Gasteiger partial charge >= 0.3 is 0 Å². The highest BCUT2D eigenvalue weighted by Crippen LogP contribution is 2.45. The summed E-state index contributed by atoms with van der Waals surface area (Å²) in [6, 6.07) is 22.9. The van der Waals surface area contributed by atoms with Gasteiger partial charge < -0.3 is 5.73 Å². The van der Waals surface area contributed by atoms with Gasteiger partial charge in [0.2, 0.25) is 10.0 Å². The fourth-order valence-electron chi connectivity index (χ4n) is 5.07. The Morgan fingerprint density at radius 2 is 1.79 bits per heavy atom. The molecule has 0 bridgehead atoms. The summed E-state index contributed by atoms with van der Waals surface area (Å²) in [5.74, 6) is 0.482. The van der Waals surface area contributed by atoms with Crippen molar-refractivity contribution >= 4 is 15.9 Å². The molecular weight excluding hydrogens is 430 g/mol. The summed E-state index contributed by atoms with van der Waals surface area (Å²) >= 11 is 0. The maximum atomic E-state index is 12.0. The molecule has 0 amide bonds. The molecule has 1 aliphatic carbocycles. The summed E-state index contributed by atoms with van der Waals surface area (Å²) in [5, 5.41) is 13.1. The molecule has 3 aromatic rings. The number of amidine groups is 1. The number of hydrogen-bond donors (Lipinski definition) is 3. The molecule has 0 aromatic heterocycles. The Morgan fingerprint density at radius 3 is 2.48 bits per heavy atom. The first-order chi connectivity index (χ1) is 15.6. The zero-order valence-electron chi connectivity index (χ0n) is 18.6. The van der Waals surface area contributed by atoms with Crippen LogP contribution in [-0.4, -0.2) is 14.3 Å². The van der Waals surface area contributed by atoms with Gasteiger partial charge in [-0.2, -0.15) is 0 Å². The lowest BCUT2D eigenvalue weighted by atomic mass is 9.66. The van der Waals surface area contributed by atoms with Crippen LogP contribution in [0.3, 0.4) is 0 Å². The lowest BCUT2D eigenvalue weighted by Gasteiger charge is -2.38. The molecule has 5 N–H and O–H groups in total. The largest absolute Gasteiger partial charge is 0.384 e. The minimum atomic E-state index is -3.80. The summed E-state index contributed by atoms with van der Waals surface area (Å²) in [7, 11) is -3.80. The number of nitrogen functional groups attached to an aromatic ring is 1. The first-order valence-corrected chi connectivity index (χ1v) is 12.7. The molecule has 1 aliphatic rings. The summed E-state index contributed by atoms with van der Waals surface area (Å²) in [6.07, 6.45) is 5.11. The number of primary sulfonamides is 1. The zero-order valence-corrected chi connectivity index (χ0v) is 19.4. The number of nitrogens with one attached hydrogen (secondary N) is 1. The number of nitrogens with two attached hydrogens (primary N) is 2. The van der Waals surface area contributed by atoms with Gasteiger partial charge in [0, 0.05) is 11.1 Å². The minimum Gasteiger partial charge on any atom is -0.384 e. The van der Waals surface area contributed by atoms with Crippen molar-refractivity contribution in [3.8, 4) is 11.1 Å². The predicted octanol–water partition coefficient (Wildman–Crippen LogP) is 5.01. The Bertz CT molecular complexity index is 1270. The van der Waals surface area contributed by atoms with E-state index in [1.165, 1.54) is 11.6 Å². The van der Waals surface area contributed by atoms with Gasteiger partial charge in [0.1, 0.15) is 5.84 Å². The van der Waals surface area contributed by atoms with Crippen molar-refractivity contribution in [1.82, 2.24) is 0 Å². The van der Waals surface area contributed by atoms with E-state index < -0.39 is 10.0 Å². The molecule has 171 valence electrons. The van der Waals surface area contributed by atoms with E-state index in [9.17, 15) is 8.42 Å². The Hall–Kier alpha value is -2.96. The normalized spacial score (nSPS) is 21.0. The molecule has 0 saturated heterocycles. The quantitative estimate of drug-likeness (QED) is 0.355. The van der Waals surface area contributed by atoms with Gasteiger partial charge in [-0.05, 0) is 72.8 Å². The van der Waals surface area contributed by atoms with E-state index in [0.717, 1.165) is 48.8 Å². The fraction of sp³-hybridized carbons (Fsp3) is 0.259. The van der Waals surface area contributed by atoms with Crippen LogP contribution in [-0.2, 0) is 16.4 Å². The van der Waals surface area contributed by atoms with Gasteiger partial charge in [-0.3, -0.25) is 5.41 Å². The summed E-state index contributed by atoms with van der Waals surface area (Å²) in [6.45, 7) is 4.61. The van der Waals surface area contributed by atoms with E-state index in [4.69, 9.17) is 16.3 Å². The molecule has 0 spiro atoms. The fourth-order valence-corrected chi connectivity index (χ4v) is 5.83. The Morgan fingerprint density at radius 1 is 1.06 bits per heavy atom. The molecule has 1 radical (unpaired) electrons. The maximum absolute atomic E-state index is 12.0. The van der Waals surface area contributed by atoms with Crippen LogP contribution in [0.4, 0.5) is 0 Å². The Kier molecular flexibility index (Phi) is 6.41. The average Bonchev–Trinajstić information content (AvgIpc) is 2.78. The lowest BCUT2D eigenvalue weighted by molar-refractivity contribution is 0.226. The molecule has 0 aliphatic heterocycles. The molecule has 1 fully saturated rings. The highest BCUT2D eigenvalue weighted by Gasteiger charge is 2.33. The number of benzene rings is 3. The SMILES string of the molecule is [CH2]C1(Cc2cccc(C(=N)N)c2)CCCC(c2ccc(-c3ccccc3S(N)(=O)=O)cc2)C1. The standard InChI is InChI=1S/C27H30N3O2S/c1-27(17-19-6-4-7-22(16-19)26(28)29)15-5-8-23(18-27)20-11-13-21(14-12-20)24-9-2-3-10-25(24)33(30,31)32/h2-4,6-7,9-14,16,23H,1,5,8,15,17-18H2,(H3,28,29)(H2,30,31,32). The second kappa shape index (κ2) is 9.12. The average molecular weight is 461 g/mol. The van der Waals surface area contributed by atoms with E-state index in [2.05, 4.69) is 25.1 Å². The van der Waals surface area contributed by atoms with Gasteiger partial charge in [-0.25, -0.2) is 13.6 Å². The van der Waals surface area contributed by atoms with Crippen LogP contribution >= 0.6 is 0 Å². The van der Waals surface area contributed by atoms with Gasteiger partial charge in [0.25, 0.3) is 0 Å². The number of sulfonamides is 1. The monoisotopic (exact) mass is 460 g/mol. The minimum absolute atomic E-state index is 0.0722. The summed E-state index contributed by atoms with van der Waals surface area (Å²) < 4.78 is 23.9. The Labute approximate surface area is 196 Å². The van der Waals surface area contributed by atoms with E-state index in [1.54, 1.807) is 12.1 Å². The molecule has 6 heteroatoms. The second-order valence-electron chi connectivity index (χ2n) is 9.25. The molecule has 0 heterocycles. The highest BCUT2D eigenvalue weighted by molar-refractivity contribution is 7.89. The summed E-state index contributed by atoms with van der Waals surface area (Å²) in [4.78, 5) is 0.139. The van der Waals surface area contributed by atoms with Crippen molar-refractivity contribution in [3.05, 3.63) is 96.4 Å². The van der Waals surface area contributed by atoms with Crippen molar-refractivity contribution in [2.24, 2.45) is 16.3 Å². The number of rotatable bonds is 6. The molecule has 4 rings (SSSR count). The van der Waals surface area contributed by atoms with E-state index in [0.29, 0.717) is 11.5 Å². The van der Waals surface area contributed by atoms with Crippen LogP contribution in [0.1, 0.15) is 48.3 Å². The van der Waals surface area contributed by atoms with Gasteiger partial charge in [-0.1, -0.05) is 67.1 Å². The molecule has 1 saturated carbocycles. The second-order valence-corrected chi connectivity index (χ2v) is 10.8. The molecule has 2 atom stereocenters. The first-order valence-electron chi connectivity index (χ1n) is 11.2. The Balaban J connectivity index is 1.54. The van der Waals surface area contributed by atoms with Crippen molar-refractivity contribution in [2.45, 2.75) is 42.9 Å². The third-order valence-electron chi connectivity index (χ3n) is 6.64. The van der Waals surface area contributed by atoms with E-state index in [-0.39, 0.29) is 16.1 Å². The predicted molar refractivity (Wildman–Crippen MR) is 133 cm³/mol. The van der Waals surface area contributed by atoms with Crippen LogP contribution in [0, 0.1) is 17.7 Å². The van der Waals surface area contributed by atoms with Crippen LogP contribution < -0.4 is 10.9 Å². The topological polar surface area (TPSA) is 110 Å². The third kappa shape index (κ3) is 5.34. The molecule has 3 aromatic carbocycles. The van der Waals surface area contributed by atoms with Crippen molar-refractivity contribution in [2.75, 3.05) is 0 Å². The van der Waals surface area contributed by atoms with Gasteiger partial charge in [0.05, 0.1) is 4.90 Å². The van der Waals surface area contributed by atoms with Crippen LogP contribution in [0.2, 0.25) is 0 Å². The smallest absolute Gasteiger partial charge is 0.238 e. The van der Waals surface area contributed by atoms with Crippen molar-refractivity contribution < 1.29 is 8.42 Å². The zero-order chi connectivity index (χ0) is 23.6. The molecular formula is C27H30N3O2S. The number of hydrogen-bond acceptors (Lipinski definition) is 3. The molecule has 33 heavy (non-hydrogen) atoms. The van der Waals surface area contributed by atoms with Crippen LogP contribution in [0.15, 0.2) is 77.7 Å². The van der Waals surface area contributed by atoms with Crippen LogP contribution in [0.5, 0.6) is 0 Å².